The van der Waals surface area contributed by atoms with Gasteiger partial charge in [0, 0.05) is 31.4 Å². The van der Waals surface area contributed by atoms with E-state index in [4.69, 9.17) is 0 Å². The van der Waals surface area contributed by atoms with Crippen LogP contribution in [-0.2, 0) is 20.1 Å². The Hall–Kier alpha value is -2.55. The summed E-state index contributed by atoms with van der Waals surface area (Å²) in [5.41, 5.74) is 2.99. The molecule has 0 aliphatic heterocycles. The zero-order valence-corrected chi connectivity index (χ0v) is 15.2. The third-order valence-electron chi connectivity index (χ3n) is 3.66. The van der Waals surface area contributed by atoms with Gasteiger partial charge in [-0.3, -0.25) is 0 Å². The second kappa shape index (κ2) is 7.35. The van der Waals surface area contributed by atoms with Crippen LogP contribution in [0.2, 0.25) is 0 Å². The van der Waals surface area contributed by atoms with E-state index >= 15 is 0 Å². The van der Waals surface area contributed by atoms with E-state index in [1.807, 2.05) is 72.8 Å². The largest absolute Gasteiger partial charge is 0.316 e. The molecular formula is C20H14IrN3-. The molecule has 0 atom stereocenters. The number of hydrogen-bond acceptors (Lipinski definition) is 2. The first-order valence-electron chi connectivity index (χ1n) is 7.47. The van der Waals surface area contributed by atoms with Gasteiger partial charge in [-0.2, -0.15) is 5.10 Å². The predicted octanol–water partition coefficient (Wildman–Crippen LogP) is 4.40. The van der Waals surface area contributed by atoms with Crippen molar-refractivity contribution in [2.45, 2.75) is 0 Å². The number of rotatable bonds is 3. The van der Waals surface area contributed by atoms with Gasteiger partial charge >= 0.3 is 0 Å². The van der Waals surface area contributed by atoms with Gasteiger partial charge in [-0.1, -0.05) is 48.5 Å². The Morgan fingerprint density at radius 3 is 1.96 bits per heavy atom. The van der Waals surface area contributed by atoms with Crippen molar-refractivity contribution in [2.75, 3.05) is 0 Å². The molecule has 0 aliphatic carbocycles. The molecule has 0 saturated heterocycles. The fourth-order valence-electron chi connectivity index (χ4n) is 2.59. The van der Waals surface area contributed by atoms with E-state index in [0.29, 0.717) is 0 Å². The van der Waals surface area contributed by atoms with Gasteiger partial charge in [0.25, 0.3) is 0 Å². The van der Waals surface area contributed by atoms with E-state index in [2.05, 4.69) is 33.0 Å². The Kier molecular flexibility index (Phi) is 4.99. The fourth-order valence-corrected chi connectivity index (χ4v) is 2.59. The van der Waals surface area contributed by atoms with Crippen molar-refractivity contribution < 1.29 is 20.1 Å². The Bertz CT molecular complexity index is 847. The number of hydrogen-bond donors (Lipinski definition) is 0. The van der Waals surface area contributed by atoms with E-state index in [-0.39, 0.29) is 20.1 Å². The van der Waals surface area contributed by atoms with Crippen molar-refractivity contribution in [1.82, 2.24) is 14.8 Å². The van der Waals surface area contributed by atoms with Crippen LogP contribution in [0.25, 0.3) is 28.5 Å². The molecule has 0 amide bonds. The average molecular weight is 489 g/mol. The van der Waals surface area contributed by atoms with Gasteiger partial charge in [-0.05, 0) is 12.1 Å². The van der Waals surface area contributed by atoms with Crippen LogP contribution in [0.5, 0.6) is 0 Å². The molecule has 24 heavy (non-hydrogen) atoms. The van der Waals surface area contributed by atoms with E-state index in [0.717, 1.165) is 28.5 Å². The van der Waals surface area contributed by atoms with E-state index in [9.17, 15) is 0 Å². The second-order valence-electron chi connectivity index (χ2n) is 5.16. The molecule has 0 saturated carbocycles. The number of para-hydroxylation sites is 1. The summed E-state index contributed by atoms with van der Waals surface area (Å²) in [6, 6.07) is 31.3. The Labute approximate surface area is 154 Å². The van der Waals surface area contributed by atoms with E-state index < -0.39 is 0 Å². The molecule has 119 valence electrons. The molecule has 1 radical (unpaired) electrons. The van der Waals surface area contributed by atoms with Gasteiger partial charge < -0.3 is 4.57 Å². The van der Waals surface area contributed by atoms with Crippen LogP contribution in [0.4, 0.5) is 0 Å². The SMILES string of the molecule is [Ir].[c-]1ccccc1-c1nnc(-c2ccccc2)n1-c1ccccc1. The van der Waals surface area contributed by atoms with Gasteiger partial charge in [-0.15, -0.1) is 41.0 Å². The van der Waals surface area contributed by atoms with Crippen LogP contribution in [0.15, 0.2) is 84.9 Å². The molecule has 3 nitrogen and oxygen atoms in total. The van der Waals surface area contributed by atoms with E-state index in [1.165, 1.54) is 0 Å². The summed E-state index contributed by atoms with van der Waals surface area (Å²) >= 11 is 0. The normalized spacial score (nSPS) is 10.2. The fraction of sp³-hybridized carbons (Fsp3) is 0. The quantitative estimate of drug-likeness (QED) is 0.401. The van der Waals surface area contributed by atoms with Crippen molar-refractivity contribution in [3.63, 3.8) is 0 Å². The van der Waals surface area contributed by atoms with Crippen LogP contribution in [0, 0.1) is 6.07 Å². The molecule has 0 fully saturated rings. The number of benzene rings is 3. The summed E-state index contributed by atoms with van der Waals surface area (Å²) in [6.45, 7) is 0. The Morgan fingerprint density at radius 1 is 0.667 bits per heavy atom. The standard InChI is InChI=1S/C20H14N3.Ir/c1-4-10-16(11-5-1)19-21-22-20(17-12-6-2-7-13-17)23(19)18-14-8-3-9-15-18;/h1-12,14-15H;/q-1;. The summed E-state index contributed by atoms with van der Waals surface area (Å²) in [6.07, 6.45) is 0. The average Bonchev–Trinajstić information content (AvgIpc) is 3.09. The molecular weight excluding hydrogens is 474 g/mol. The molecule has 1 aromatic heterocycles. The molecule has 1 heterocycles. The maximum atomic E-state index is 4.43. The minimum atomic E-state index is 0. The molecule has 0 aliphatic rings. The molecule has 3 aromatic carbocycles. The van der Waals surface area contributed by atoms with Crippen molar-refractivity contribution in [3.05, 3.63) is 91.0 Å². The third-order valence-corrected chi connectivity index (χ3v) is 3.66. The molecule has 4 aromatic rings. The van der Waals surface area contributed by atoms with Crippen molar-refractivity contribution in [3.8, 4) is 28.5 Å². The van der Waals surface area contributed by atoms with Crippen LogP contribution in [0.1, 0.15) is 0 Å². The number of aromatic nitrogens is 3. The summed E-state index contributed by atoms with van der Waals surface area (Å²) in [4.78, 5) is 0. The first kappa shape index (κ1) is 16.3. The Balaban J connectivity index is 0.00000169. The first-order chi connectivity index (χ1) is 11.4. The van der Waals surface area contributed by atoms with E-state index in [1.54, 1.807) is 0 Å². The number of nitrogens with zero attached hydrogens (tertiary/aromatic N) is 3. The zero-order valence-electron chi connectivity index (χ0n) is 12.8. The maximum Gasteiger partial charge on any atom is 0.159 e. The van der Waals surface area contributed by atoms with Crippen molar-refractivity contribution in [2.24, 2.45) is 0 Å². The first-order valence-corrected chi connectivity index (χ1v) is 7.47. The molecule has 0 unspecified atom stereocenters. The van der Waals surface area contributed by atoms with Crippen LogP contribution < -0.4 is 0 Å². The monoisotopic (exact) mass is 489 g/mol. The van der Waals surface area contributed by atoms with Gasteiger partial charge in [0.1, 0.15) is 0 Å². The van der Waals surface area contributed by atoms with Crippen molar-refractivity contribution >= 4 is 0 Å². The summed E-state index contributed by atoms with van der Waals surface area (Å²) in [5, 5.41) is 8.85. The van der Waals surface area contributed by atoms with Crippen LogP contribution >= 0.6 is 0 Å². The summed E-state index contributed by atoms with van der Waals surface area (Å²) in [5.74, 6) is 1.61. The minimum absolute atomic E-state index is 0. The Morgan fingerprint density at radius 2 is 1.29 bits per heavy atom. The third kappa shape index (κ3) is 3.07. The summed E-state index contributed by atoms with van der Waals surface area (Å²) < 4.78 is 2.07. The smallest absolute Gasteiger partial charge is 0.159 e. The van der Waals surface area contributed by atoms with Gasteiger partial charge in [-0.25, -0.2) is 0 Å². The molecule has 0 N–H and O–H groups in total. The second-order valence-corrected chi connectivity index (χ2v) is 5.16. The summed E-state index contributed by atoms with van der Waals surface area (Å²) in [7, 11) is 0. The van der Waals surface area contributed by atoms with Gasteiger partial charge in [0.05, 0.1) is 5.82 Å². The topological polar surface area (TPSA) is 30.7 Å². The van der Waals surface area contributed by atoms with Crippen molar-refractivity contribution in [1.29, 1.82) is 0 Å². The molecule has 0 bridgehead atoms. The van der Waals surface area contributed by atoms with Crippen LogP contribution in [-0.4, -0.2) is 14.8 Å². The predicted molar refractivity (Wildman–Crippen MR) is 91.1 cm³/mol. The molecule has 4 heteroatoms. The molecule has 0 spiro atoms. The van der Waals surface area contributed by atoms with Gasteiger partial charge in [0.2, 0.25) is 0 Å². The maximum absolute atomic E-state index is 4.43. The van der Waals surface area contributed by atoms with Crippen LogP contribution in [0.3, 0.4) is 0 Å². The molecule has 4 rings (SSSR count). The zero-order chi connectivity index (χ0) is 15.5. The van der Waals surface area contributed by atoms with Gasteiger partial charge in [0.15, 0.2) is 5.82 Å². The minimum Gasteiger partial charge on any atom is -0.316 e.